The molecule has 0 fully saturated rings. The second kappa shape index (κ2) is 7.16. The van der Waals surface area contributed by atoms with Crippen molar-refractivity contribution in [2.75, 3.05) is 5.75 Å². The first-order valence-electron chi connectivity index (χ1n) is 7.58. The van der Waals surface area contributed by atoms with Crippen molar-refractivity contribution >= 4 is 17.5 Å². The van der Waals surface area contributed by atoms with Gasteiger partial charge in [0.15, 0.2) is 0 Å². The van der Waals surface area contributed by atoms with Crippen molar-refractivity contribution in [2.45, 2.75) is 58.1 Å². The van der Waals surface area contributed by atoms with Crippen LogP contribution in [0.4, 0.5) is 0 Å². The van der Waals surface area contributed by atoms with Gasteiger partial charge in [0.2, 0.25) is 0 Å². The maximum atomic E-state index is 9.35. The summed E-state index contributed by atoms with van der Waals surface area (Å²) < 4.78 is 0. The van der Waals surface area contributed by atoms with Crippen LogP contribution in [0.3, 0.4) is 0 Å². The molecule has 2 N–H and O–H groups in total. The summed E-state index contributed by atoms with van der Waals surface area (Å²) in [4.78, 5) is 0. The number of aryl methyl sites for hydroxylation is 1. The average molecular weight is 295 g/mol. The summed E-state index contributed by atoms with van der Waals surface area (Å²) in [6.45, 7) is 6.63. The fourth-order valence-electron chi connectivity index (χ4n) is 3.14. The number of nitrogens with zero attached hydrogens (tertiary/aromatic N) is 2. The third-order valence-electron chi connectivity index (χ3n) is 3.90. The molecule has 0 saturated carbocycles. The first-order valence-corrected chi connectivity index (χ1v) is 8.63. The number of aromatic nitrogens is 2. The Labute approximate surface area is 125 Å². The Kier molecular flexibility index (Phi) is 5.52. The highest BCUT2D eigenvalue weighted by atomic mass is 32.2. The lowest BCUT2D eigenvalue weighted by Crippen LogP contribution is -2.23. The van der Waals surface area contributed by atoms with Crippen LogP contribution in [0, 0.1) is 5.92 Å². The monoisotopic (exact) mass is 295 g/mol. The lowest BCUT2D eigenvalue weighted by molar-refractivity contribution is 0.314. The van der Waals surface area contributed by atoms with E-state index in [0.29, 0.717) is 11.2 Å². The van der Waals surface area contributed by atoms with Crippen molar-refractivity contribution in [1.82, 2.24) is 10.2 Å². The first-order chi connectivity index (χ1) is 9.69. The summed E-state index contributed by atoms with van der Waals surface area (Å²) >= 11 is 2.00. The third kappa shape index (κ3) is 3.37. The van der Waals surface area contributed by atoms with Crippen LogP contribution in [-0.4, -0.2) is 32.1 Å². The molecule has 1 aliphatic carbocycles. The number of nitrogens with one attached hydrogen (secondary N) is 1. The predicted octanol–water partition coefficient (Wildman–Crippen LogP) is 3.63. The van der Waals surface area contributed by atoms with Crippen LogP contribution in [0.1, 0.15) is 57.0 Å². The minimum absolute atomic E-state index is 0.553. The van der Waals surface area contributed by atoms with Crippen LogP contribution in [0.25, 0.3) is 0 Å². The van der Waals surface area contributed by atoms with Gasteiger partial charge >= 0.3 is 0 Å². The standard InChI is InChI=1S/C15H25N3OS/c1-4-6-12-15-13(17-16-12)8-11(9-14(15)18-19)7-10(3)20-5-2/h10-11,19H,4-9H2,1-3H3,(H,16,17). The van der Waals surface area contributed by atoms with E-state index in [4.69, 9.17) is 0 Å². The van der Waals surface area contributed by atoms with Gasteiger partial charge in [0, 0.05) is 16.5 Å². The predicted molar refractivity (Wildman–Crippen MR) is 84.9 cm³/mol. The fraction of sp³-hybridized carbons (Fsp3) is 0.733. The minimum atomic E-state index is 0.553. The number of hydrogen-bond donors (Lipinski definition) is 2. The van der Waals surface area contributed by atoms with Gasteiger partial charge in [0.05, 0.1) is 11.4 Å². The first kappa shape index (κ1) is 15.4. The fourth-order valence-corrected chi connectivity index (χ4v) is 4.12. The number of rotatable bonds is 6. The van der Waals surface area contributed by atoms with E-state index in [0.717, 1.165) is 54.1 Å². The van der Waals surface area contributed by atoms with Crippen LogP contribution < -0.4 is 0 Å². The molecule has 5 heteroatoms. The summed E-state index contributed by atoms with van der Waals surface area (Å²) in [5, 5.41) is 21.1. The Morgan fingerprint density at radius 2 is 2.25 bits per heavy atom. The third-order valence-corrected chi connectivity index (χ3v) is 5.00. The van der Waals surface area contributed by atoms with Gasteiger partial charge in [0.1, 0.15) is 0 Å². The highest BCUT2D eigenvalue weighted by Crippen LogP contribution is 2.32. The molecule has 0 aromatic carbocycles. The molecule has 1 aromatic rings. The highest BCUT2D eigenvalue weighted by molar-refractivity contribution is 7.99. The zero-order valence-corrected chi connectivity index (χ0v) is 13.5. The molecule has 2 atom stereocenters. The van der Waals surface area contributed by atoms with Gasteiger partial charge in [-0.25, -0.2) is 0 Å². The van der Waals surface area contributed by atoms with E-state index in [1.807, 2.05) is 11.8 Å². The summed E-state index contributed by atoms with van der Waals surface area (Å²) in [6, 6.07) is 0. The highest BCUT2D eigenvalue weighted by Gasteiger charge is 2.29. The molecule has 0 amide bonds. The summed E-state index contributed by atoms with van der Waals surface area (Å²) in [6.07, 6.45) is 5.06. The van der Waals surface area contributed by atoms with Crippen LogP contribution in [0.5, 0.6) is 0 Å². The second-order valence-corrected chi connectivity index (χ2v) is 7.31. The van der Waals surface area contributed by atoms with Crippen molar-refractivity contribution in [3.63, 3.8) is 0 Å². The molecule has 2 unspecified atom stereocenters. The summed E-state index contributed by atoms with van der Waals surface area (Å²) in [5.41, 5.74) is 4.12. The number of fused-ring (bicyclic) bond motifs is 1. The molecule has 1 aromatic heterocycles. The maximum Gasteiger partial charge on any atom is 0.0907 e. The second-order valence-electron chi connectivity index (χ2n) is 5.60. The molecule has 112 valence electrons. The minimum Gasteiger partial charge on any atom is -0.411 e. The Morgan fingerprint density at radius 1 is 1.45 bits per heavy atom. The molecule has 0 spiro atoms. The van der Waals surface area contributed by atoms with E-state index in [9.17, 15) is 5.21 Å². The smallest absolute Gasteiger partial charge is 0.0907 e. The normalized spacial score (nSPS) is 21.9. The number of oxime groups is 1. The van der Waals surface area contributed by atoms with Gasteiger partial charge < -0.3 is 5.21 Å². The maximum absolute atomic E-state index is 9.35. The van der Waals surface area contributed by atoms with E-state index in [1.165, 1.54) is 6.42 Å². The Hall–Kier alpha value is -0.970. The van der Waals surface area contributed by atoms with Crippen LogP contribution >= 0.6 is 11.8 Å². The van der Waals surface area contributed by atoms with Gasteiger partial charge in [-0.15, -0.1) is 0 Å². The van der Waals surface area contributed by atoms with Crippen molar-refractivity contribution in [1.29, 1.82) is 0 Å². The van der Waals surface area contributed by atoms with Gasteiger partial charge in [0.25, 0.3) is 0 Å². The molecular weight excluding hydrogens is 270 g/mol. The molecule has 20 heavy (non-hydrogen) atoms. The van der Waals surface area contributed by atoms with Crippen LogP contribution in [-0.2, 0) is 12.8 Å². The summed E-state index contributed by atoms with van der Waals surface area (Å²) in [7, 11) is 0. The average Bonchev–Trinajstić information content (AvgIpc) is 2.82. The van der Waals surface area contributed by atoms with Gasteiger partial charge in [-0.05, 0) is 37.4 Å². The zero-order valence-electron chi connectivity index (χ0n) is 12.6. The van der Waals surface area contributed by atoms with Crippen molar-refractivity contribution in [2.24, 2.45) is 11.1 Å². The van der Waals surface area contributed by atoms with Gasteiger partial charge in [-0.1, -0.05) is 32.3 Å². The topological polar surface area (TPSA) is 61.3 Å². The van der Waals surface area contributed by atoms with E-state index < -0.39 is 0 Å². The molecule has 0 bridgehead atoms. The van der Waals surface area contributed by atoms with Gasteiger partial charge in [-0.2, -0.15) is 16.9 Å². The number of aromatic amines is 1. The molecule has 1 aliphatic rings. The molecule has 1 heterocycles. The largest absolute Gasteiger partial charge is 0.411 e. The van der Waals surface area contributed by atoms with E-state index >= 15 is 0 Å². The summed E-state index contributed by atoms with van der Waals surface area (Å²) in [5.74, 6) is 1.71. The molecule has 2 rings (SSSR count). The van der Waals surface area contributed by atoms with Crippen LogP contribution in [0.2, 0.25) is 0 Å². The van der Waals surface area contributed by atoms with Crippen molar-refractivity contribution < 1.29 is 5.21 Å². The SMILES string of the molecule is CCCc1n[nH]c2c1C(=NO)CC(CC(C)SCC)C2. The lowest BCUT2D eigenvalue weighted by atomic mass is 9.82. The van der Waals surface area contributed by atoms with Gasteiger partial charge in [-0.3, -0.25) is 5.10 Å². The van der Waals surface area contributed by atoms with Crippen molar-refractivity contribution in [3.8, 4) is 0 Å². The molecular formula is C15H25N3OS. The molecule has 4 nitrogen and oxygen atoms in total. The number of hydrogen-bond acceptors (Lipinski definition) is 4. The Bertz CT molecular complexity index is 470. The van der Waals surface area contributed by atoms with E-state index in [-0.39, 0.29) is 0 Å². The van der Waals surface area contributed by atoms with E-state index in [2.05, 4.69) is 36.1 Å². The Morgan fingerprint density at radius 3 is 2.90 bits per heavy atom. The lowest BCUT2D eigenvalue weighted by Gasteiger charge is -2.25. The number of H-pyrrole nitrogens is 1. The number of thioether (sulfide) groups is 1. The zero-order chi connectivity index (χ0) is 14.5. The van der Waals surface area contributed by atoms with Crippen LogP contribution in [0.15, 0.2) is 5.16 Å². The quantitative estimate of drug-likeness (QED) is 0.622. The van der Waals surface area contributed by atoms with Crippen molar-refractivity contribution in [3.05, 3.63) is 17.0 Å². The van der Waals surface area contributed by atoms with E-state index in [1.54, 1.807) is 0 Å². The molecule has 0 saturated heterocycles. The Balaban J connectivity index is 2.14. The molecule has 0 radical (unpaired) electrons. The molecule has 0 aliphatic heterocycles.